The van der Waals surface area contributed by atoms with Crippen LogP contribution in [-0.2, 0) is 33.3 Å². The van der Waals surface area contributed by atoms with Gasteiger partial charge >= 0.3 is 17.9 Å². The number of hydrogen-bond donors (Lipinski definition) is 4. The minimum absolute atomic E-state index is 0.167. The predicted octanol–water partition coefficient (Wildman–Crippen LogP) is 11.3. The highest BCUT2D eigenvalue weighted by atomic mass is 16.7. The Bertz CT molecular complexity index is 1320. The Morgan fingerprint density at radius 3 is 1.44 bits per heavy atom. The van der Waals surface area contributed by atoms with Gasteiger partial charge in [-0.25, -0.2) is 4.79 Å². The molecule has 0 amide bonds. The number of aliphatic hydroxyl groups is 3. The molecule has 11 heteroatoms. The van der Waals surface area contributed by atoms with Gasteiger partial charge in [-0.05, 0) is 83.5 Å². The lowest BCUT2D eigenvalue weighted by Crippen LogP contribution is -2.60. The fraction of sp³-hybridized carbons (Fsp3) is 0.712. The van der Waals surface area contributed by atoms with Crippen molar-refractivity contribution in [2.45, 2.75) is 224 Å². The van der Waals surface area contributed by atoms with E-state index < -0.39 is 61.3 Å². The van der Waals surface area contributed by atoms with Crippen molar-refractivity contribution in [2.24, 2.45) is 0 Å². The Labute approximate surface area is 380 Å². The van der Waals surface area contributed by atoms with Crippen LogP contribution in [0.4, 0.5) is 0 Å². The number of carbonyl (C=O) groups is 3. The van der Waals surface area contributed by atoms with Gasteiger partial charge in [0.1, 0.15) is 24.9 Å². The Morgan fingerprint density at radius 1 is 0.508 bits per heavy atom. The summed E-state index contributed by atoms with van der Waals surface area (Å²) in [5, 5.41) is 39.9. The minimum Gasteiger partial charge on any atom is -0.479 e. The molecule has 1 heterocycles. The molecule has 0 aliphatic carbocycles. The van der Waals surface area contributed by atoms with Crippen LogP contribution in [0.1, 0.15) is 187 Å². The van der Waals surface area contributed by atoms with E-state index in [0.29, 0.717) is 12.8 Å². The summed E-state index contributed by atoms with van der Waals surface area (Å²) >= 11 is 0. The second kappa shape index (κ2) is 41.4. The molecule has 63 heavy (non-hydrogen) atoms. The molecule has 4 N–H and O–H groups in total. The lowest BCUT2D eigenvalue weighted by Gasteiger charge is -2.38. The van der Waals surface area contributed by atoms with Crippen LogP contribution in [0.5, 0.6) is 0 Å². The predicted molar refractivity (Wildman–Crippen MR) is 252 cm³/mol. The Kier molecular flexibility index (Phi) is 37.9. The normalized spacial score (nSPS) is 20.0. The largest absolute Gasteiger partial charge is 0.479 e. The maximum atomic E-state index is 12.8. The summed E-state index contributed by atoms with van der Waals surface area (Å²) in [7, 11) is 0. The van der Waals surface area contributed by atoms with Crippen LogP contribution in [0, 0.1) is 0 Å². The summed E-state index contributed by atoms with van der Waals surface area (Å²) in [4.78, 5) is 36.9. The van der Waals surface area contributed by atoms with Gasteiger partial charge in [0.25, 0.3) is 0 Å². The summed E-state index contributed by atoms with van der Waals surface area (Å²) in [5.41, 5.74) is 0. The van der Waals surface area contributed by atoms with Crippen molar-refractivity contribution in [3.63, 3.8) is 0 Å². The highest BCUT2D eigenvalue weighted by Gasteiger charge is 2.47. The molecule has 0 aromatic heterocycles. The summed E-state index contributed by atoms with van der Waals surface area (Å²) in [5.74, 6) is -2.50. The fourth-order valence-electron chi connectivity index (χ4n) is 6.96. The first kappa shape index (κ1) is 57.7. The molecule has 0 aromatic carbocycles. The van der Waals surface area contributed by atoms with Crippen LogP contribution < -0.4 is 0 Å². The number of aliphatic hydroxyl groups excluding tert-OH is 3. The van der Waals surface area contributed by atoms with Crippen molar-refractivity contribution < 1.29 is 53.8 Å². The average Bonchev–Trinajstić information content (AvgIpc) is 3.27. The van der Waals surface area contributed by atoms with Gasteiger partial charge in [-0.3, -0.25) is 9.59 Å². The first-order chi connectivity index (χ1) is 30.7. The van der Waals surface area contributed by atoms with Crippen LogP contribution in [0.15, 0.2) is 72.9 Å². The SMILES string of the molecule is CC/C=C\C/C=C\C/C=C\C/C=C\C/C=C\CCCCCC(=O)OCC(COC1OC(C(=O)O)C(O)C(O)C1O)OC(=O)CCCCCCCCC/C=C\CCCCCCCCC. The summed E-state index contributed by atoms with van der Waals surface area (Å²) in [6.45, 7) is 3.67. The molecule has 11 nitrogen and oxygen atoms in total. The van der Waals surface area contributed by atoms with Crippen LogP contribution in [0.2, 0.25) is 0 Å². The first-order valence-electron chi connectivity index (χ1n) is 24.5. The summed E-state index contributed by atoms with van der Waals surface area (Å²) in [6, 6.07) is 0. The molecular formula is C52H86O11. The quantitative estimate of drug-likeness (QED) is 0.0262. The number of aliphatic carboxylic acids is 1. The van der Waals surface area contributed by atoms with Gasteiger partial charge in [-0.1, -0.05) is 164 Å². The molecule has 6 atom stereocenters. The number of hydrogen-bond acceptors (Lipinski definition) is 10. The van der Waals surface area contributed by atoms with Crippen LogP contribution in [0.3, 0.4) is 0 Å². The maximum absolute atomic E-state index is 12.8. The van der Waals surface area contributed by atoms with Crippen LogP contribution in [0.25, 0.3) is 0 Å². The first-order valence-corrected chi connectivity index (χ1v) is 24.5. The summed E-state index contributed by atoms with van der Waals surface area (Å²) < 4.78 is 21.8. The number of unbranched alkanes of at least 4 members (excludes halogenated alkanes) is 17. The molecule has 1 fully saturated rings. The topological polar surface area (TPSA) is 169 Å². The van der Waals surface area contributed by atoms with Crippen molar-refractivity contribution in [3.05, 3.63) is 72.9 Å². The van der Waals surface area contributed by atoms with E-state index in [9.17, 15) is 34.8 Å². The fourth-order valence-corrected chi connectivity index (χ4v) is 6.96. The Balaban J connectivity index is 2.37. The van der Waals surface area contributed by atoms with E-state index in [1.54, 1.807) is 0 Å². The highest BCUT2D eigenvalue weighted by molar-refractivity contribution is 5.73. The van der Waals surface area contributed by atoms with Crippen LogP contribution >= 0.6 is 0 Å². The maximum Gasteiger partial charge on any atom is 0.335 e. The standard InChI is InChI=1S/C52H86O11/c1-3-5-7-9-11-13-15-17-19-21-23-25-26-28-30-32-34-36-38-40-45(53)60-42-44(43-61-52-49(57)47(55)48(56)50(63-52)51(58)59)62-46(54)41-39-37-35-33-31-29-27-24-22-20-18-16-14-12-10-8-6-4-2/h5,7,11,13,17,19-20,22-23,25,28,30,44,47-50,52,55-57H,3-4,6,8-10,12,14-16,18,21,24,26-27,29,31-43H2,1-2H3,(H,58,59)/b7-5-,13-11-,19-17-,22-20-,25-23-,30-28-. The molecule has 360 valence electrons. The summed E-state index contributed by atoms with van der Waals surface area (Å²) in [6.07, 6.45) is 43.7. The second-order valence-corrected chi connectivity index (χ2v) is 16.6. The average molecular weight is 887 g/mol. The number of ether oxygens (including phenoxy) is 4. The minimum atomic E-state index is -1.87. The van der Waals surface area contributed by atoms with E-state index in [4.69, 9.17) is 18.9 Å². The lowest BCUT2D eigenvalue weighted by molar-refractivity contribution is -0.298. The molecule has 0 saturated carbocycles. The Hall–Kier alpha value is -3.35. The molecule has 1 aliphatic rings. The zero-order valence-electron chi connectivity index (χ0n) is 39.0. The van der Waals surface area contributed by atoms with E-state index in [0.717, 1.165) is 83.5 Å². The number of esters is 2. The van der Waals surface area contributed by atoms with Crippen LogP contribution in [-0.4, -0.2) is 88.4 Å². The van der Waals surface area contributed by atoms with Crippen molar-refractivity contribution in [2.75, 3.05) is 13.2 Å². The number of rotatable bonds is 40. The monoisotopic (exact) mass is 887 g/mol. The lowest BCUT2D eigenvalue weighted by atomic mass is 9.99. The molecule has 1 saturated heterocycles. The number of carboxylic acids is 1. The zero-order chi connectivity index (χ0) is 46.0. The van der Waals surface area contributed by atoms with E-state index in [-0.39, 0.29) is 19.4 Å². The van der Waals surface area contributed by atoms with E-state index in [2.05, 4.69) is 86.8 Å². The van der Waals surface area contributed by atoms with Gasteiger partial charge in [0.05, 0.1) is 6.61 Å². The third kappa shape index (κ3) is 32.9. The van der Waals surface area contributed by atoms with Gasteiger partial charge in [0.2, 0.25) is 0 Å². The number of carboxylic acid groups (broad SMARTS) is 1. The van der Waals surface area contributed by atoms with Crippen molar-refractivity contribution in [1.29, 1.82) is 0 Å². The number of carbonyl (C=O) groups excluding carboxylic acids is 2. The number of allylic oxidation sites excluding steroid dienone is 12. The molecule has 0 radical (unpaired) electrons. The van der Waals surface area contributed by atoms with Gasteiger partial charge in [-0.2, -0.15) is 0 Å². The zero-order valence-corrected chi connectivity index (χ0v) is 39.0. The van der Waals surface area contributed by atoms with Gasteiger partial charge in [0.15, 0.2) is 18.5 Å². The molecule has 6 unspecified atom stereocenters. The van der Waals surface area contributed by atoms with E-state index in [1.807, 2.05) is 0 Å². The van der Waals surface area contributed by atoms with Gasteiger partial charge < -0.3 is 39.4 Å². The molecule has 1 aliphatic heterocycles. The molecule has 0 spiro atoms. The third-order valence-corrected chi connectivity index (χ3v) is 10.8. The van der Waals surface area contributed by atoms with Gasteiger partial charge in [-0.15, -0.1) is 0 Å². The van der Waals surface area contributed by atoms with Crippen molar-refractivity contribution in [1.82, 2.24) is 0 Å². The Morgan fingerprint density at radius 2 is 0.937 bits per heavy atom. The third-order valence-electron chi connectivity index (χ3n) is 10.8. The van der Waals surface area contributed by atoms with E-state index in [1.165, 1.54) is 64.2 Å². The highest BCUT2D eigenvalue weighted by Crippen LogP contribution is 2.23. The van der Waals surface area contributed by atoms with Crippen molar-refractivity contribution >= 4 is 17.9 Å². The van der Waals surface area contributed by atoms with Crippen molar-refractivity contribution in [3.8, 4) is 0 Å². The smallest absolute Gasteiger partial charge is 0.335 e. The van der Waals surface area contributed by atoms with E-state index >= 15 is 0 Å². The molecule has 0 aromatic rings. The van der Waals surface area contributed by atoms with Gasteiger partial charge in [0, 0.05) is 12.8 Å². The molecule has 0 bridgehead atoms. The molecular weight excluding hydrogens is 801 g/mol. The second-order valence-electron chi connectivity index (χ2n) is 16.6. The molecule has 1 rings (SSSR count).